The number of nitrogens with one attached hydrogen (secondary N) is 1. The molecule has 3 rings (SSSR count). The summed E-state index contributed by atoms with van der Waals surface area (Å²) in [5, 5.41) is 4.39. The standard InChI is InChI=1S/C18H23N3O4S/c1-13-11-15(7-8-17(13)25-2)26(23,24)19-9-10-21-18(22)12-14-5-3-4-6-16(14)20-21/h7-8,11-12,19H,3-6,9-10H2,1-2H3. The third-order valence-corrected chi connectivity index (χ3v) is 6.02. The number of ether oxygens (including phenoxy) is 1. The average molecular weight is 377 g/mol. The maximum atomic E-state index is 12.4. The van der Waals surface area contributed by atoms with Crippen molar-refractivity contribution in [3.05, 3.63) is 51.4 Å². The van der Waals surface area contributed by atoms with Gasteiger partial charge in [0.05, 0.1) is 24.2 Å². The maximum Gasteiger partial charge on any atom is 0.267 e. The highest BCUT2D eigenvalue weighted by molar-refractivity contribution is 7.89. The van der Waals surface area contributed by atoms with Gasteiger partial charge in [-0.25, -0.2) is 17.8 Å². The number of hydrogen-bond donors (Lipinski definition) is 1. The van der Waals surface area contributed by atoms with E-state index >= 15 is 0 Å². The van der Waals surface area contributed by atoms with Crippen LogP contribution in [-0.2, 0) is 29.4 Å². The molecule has 0 unspecified atom stereocenters. The van der Waals surface area contributed by atoms with Crippen LogP contribution in [0.2, 0.25) is 0 Å². The molecule has 1 heterocycles. The summed E-state index contributed by atoms with van der Waals surface area (Å²) >= 11 is 0. The fourth-order valence-corrected chi connectivity index (χ4v) is 4.25. The molecule has 8 heteroatoms. The third-order valence-electron chi connectivity index (χ3n) is 4.57. The van der Waals surface area contributed by atoms with Gasteiger partial charge in [-0.3, -0.25) is 4.79 Å². The zero-order chi connectivity index (χ0) is 18.7. The number of methoxy groups -OCH3 is 1. The van der Waals surface area contributed by atoms with Crippen LogP contribution in [-0.4, -0.2) is 31.9 Å². The van der Waals surface area contributed by atoms with E-state index in [1.807, 2.05) is 0 Å². The molecule has 1 aromatic heterocycles. The predicted octanol–water partition coefficient (Wildman–Crippen LogP) is 1.42. The van der Waals surface area contributed by atoms with Crippen LogP contribution in [0, 0.1) is 6.92 Å². The van der Waals surface area contributed by atoms with E-state index in [0.29, 0.717) is 5.75 Å². The quantitative estimate of drug-likeness (QED) is 0.822. The van der Waals surface area contributed by atoms with Gasteiger partial charge in [0.25, 0.3) is 5.56 Å². The number of aryl methyl sites for hydroxylation is 3. The Morgan fingerprint density at radius 2 is 2.00 bits per heavy atom. The zero-order valence-corrected chi connectivity index (χ0v) is 15.8. The monoisotopic (exact) mass is 377 g/mol. The number of sulfonamides is 1. The van der Waals surface area contributed by atoms with Crippen molar-refractivity contribution in [3.63, 3.8) is 0 Å². The van der Waals surface area contributed by atoms with E-state index in [1.54, 1.807) is 25.1 Å². The van der Waals surface area contributed by atoms with E-state index in [0.717, 1.165) is 42.5 Å². The largest absolute Gasteiger partial charge is 0.496 e. The number of nitrogens with zero attached hydrogens (tertiary/aromatic N) is 2. The minimum Gasteiger partial charge on any atom is -0.496 e. The van der Waals surface area contributed by atoms with Crippen molar-refractivity contribution in [1.82, 2.24) is 14.5 Å². The smallest absolute Gasteiger partial charge is 0.267 e. The normalized spacial score (nSPS) is 14.1. The van der Waals surface area contributed by atoms with Gasteiger partial charge in [0, 0.05) is 12.6 Å². The Hall–Kier alpha value is -2.19. The van der Waals surface area contributed by atoms with Gasteiger partial charge in [-0.2, -0.15) is 5.10 Å². The summed E-state index contributed by atoms with van der Waals surface area (Å²) in [4.78, 5) is 12.3. The molecule has 140 valence electrons. The van der Waals surface area contributed by atoms with Crippen LogP contribution in [0.4, 0.5) is 0 Å². The van der Waals surface area contributed by atoms with Gasteiger partial charge in [-0.1, -0.05) is 0 Å². The topological polar surface area (TPSA) is 90.3 Å². The van der Waals surface area contributed by atoms with Crippen LogP contribution in [0.25, 0.3) is 0 Å². The first-order valence-corrected chi connectivity index (χ1v) is 10.1. The SMILES string of the molecule is COc1ccc(S(=O)(=O)NCCn2nc3c(cc2=O)CCCC3)cc1C. The molecular weight excluding hydrogens is 354 g/mol. The van der Waals surface area contributed by atoms with Gasteiger partial charge >= 0.3 is 0 Å². The maximum absolute atomic E-state index is 12.4. The lowest BCUT2D eigenvalue weighted by atomic mass is 9.97. The molecule has 0 amide bonds. The summed E-state index contributed by atoms with van der Waals surface area (Å²) in [7, 11) is -2.12. The molecule has 0 radical (unpaired) electrons. The minimum absolute atomic E-state index is 0.0963. The predicted molar refractivity (Wildman–Crippen MR) is 98.1 cm³/mol. The molecule has 0 bridgehead atoms. The molecule has 2 aromatic rings. The fraction of sp³-hybridized carbons (Fsp3) is 0.444. The Kier molecular flexibility index (Phi) is 5.43. The first-order valence-electron chi connectivity index (χ1n) is 8.65. The second kappa shape index (κ2) is 7.59. The number of aromatic nitrogens is 2. The third kappa shape index (κ3) is 3.96. The van der Waals surface area contributed by atoms with Crippen molar-refractivity contribution in [1.29, 1.82) is 0 Å². The summed E-state index contributed by atoms with van der Waals surface area (Å²) in [6, 6.07) is 6.31. The number of rotatable bonds is 6. The molecule has 26 heavy (non-hydrogen) atoms. The van der Waals surface area contributed by atoms with Gasteiger partial charge in [-0.05, 0) is 61.9 Å². The molecule has 0 atom stereocenters. The lowest BCUT2D eigenvalue weighted by molar-refractivity contribution is 0.411. The van der Waals surface area contributed by atoms with Crippen molar-refractivity contribution < 1.29 is 13.2 Å². The molecular formula is C18H23N3O4S. The summed E-state index contributed by atoms with van der Waals surface area (Å²) in [5.74, 6) is 0.633. The number of benzene rings is 1. The highest BCUT2D eigenvalue weighted by atomic mass is 32.2. The molecule has 0 saturated carbocycles. The Morgan fingerprint density at radius 3 is 2.73 bits per heavy atom. The fourth-order valence-electron chi connectivity index (χ4n) is 3.15. The van der Waals surface area contributed by atoms with Crippen LogP contribution in [0.3, 0.4) is 0 Å². The van der Waals surface area contributed by atoms with Crippen LogP contribution >= 0.6 is 0 Å². The van der Waals surface area contributed by atoms with E-state index in [9.17, 15) is 13.2 Å². The summed E-state index contributed by atoms with van der Waals surface area (Å²) in [6.07, 6.45) is 3.91. The number of hydrogen-bond acceptors (Lipinski definition) is 5. The van der Waals surface area contributed by atoms with Crippen molar-refractivity contribution in [2.45, 2.75) is 44.0 Å². The van der Waals surface area contributed by atoms with Crippen LogP contribution in [0.5, 0.6) is 5.75 Å². The van der Waals surface area contributed by atoms with Crippen LogP contribution in [0.15, 0.2) is 34.0 Å². The minimum atomic E-state index is -3.66. The van der Waals surface area contributed by atoms with Crippen molar-refractivity contribution >= 4 is 10.0 Å². The molecule has 1 N–H and O–H groups in total. The Bertz CT molecular complexity index is 967. The van der Waals surface area contributed by atoms with Gasteiger partial charge in [-0.15, -0.1) is 0 Å². The molecule has 0 fully saturated rings. The molecule has 0 spiro atoms. The van der Waals surface area contributed by atoms with Crippen LogP contribution < -0.4 is 15.0 Å². The summed E-state index contributed by atoms with van der Waals surface area (Å²) in [6.45, 7) is 2.08. The highest BCUT2D eigenvalue weighted by Gasteiger charge is 2.16. The van der Waals surface area contributed by atoms with E-state index in [2.05, 4.69) is 9.82 Å². The van der Waals surface area contributed by atoms with Crippen molar-refractivity contribution in [2.75, 3.05) is 13.7 Å². The zero-order valence-electron chi connectivity index (χ0n) is 15.0. The van der Waals surface area contributed by atoms with Crippen LogP contribution in [0.1, 0.15) is 29.7 Å². The molecule has 0 aliphatic heterocycles. The van der Waals surface area contributed by atoms with E-state index in [-0.39, 0.29) is 23.5 Å². The Morgan fingerprint density at radius 1 is 1.23 bits per heavy atom. The molecule has 1 aliphatic carbocycles. The lowest BCUT2D eigenvalue weighted by Crippen LogP contribution is -2.33. The second-order valence-electron chi connectivity index (χ2n) is 6.41. The highest BCUT2D eigenvalue weighted by Crippen LogP contribution is 2.21. The number of fused-ring (bicyclic) bond motifs is 1. The first kappa shape index (κ1) is 18.6. The van der Waals surface area contributed by atoms with E-state index < -0.39 is 10.0 Å². The summed E-state index contributed by atoms with van der Waals surface area (Å²) < 4.78 is 33.9. The van der Waals surface area contributed by atoms with Gasteiger partial charge in [0.2, 0.25) is 10.0 Å². The van der Waals surface area contributed by atoms with Crippen molar-refractivity contribution in [3.8, 4) is 5.75 Å². The van der Waals surface area contributed by atoms with E-state index in [1.165, 1.54) is 17.9 Å². The van der Waals surface area contributed by atoms with Gasteiger partial charge < -0.3 is 4.74 Å². The average Bonchev–Trinajstić information content (AvgIpc) is 2.62. The van der Waals surface area contributed by atoms with E-state index in [4.69, 9.17) is 4.74 Å². The van der Waals surface area contributed by atoms with Gasteiger partial charge in [0.15, 0.2) is 0 Å². The van der Waals surface area contributed by atoms with Crippen molar-refractivity contribution in [2.24, 2.45) is 0 Å². The second-order valence-corrected chi connectivity index (χ2v) is 8.18. The van der Waals surface area contributed by atoms with Gasteiger partial charge in [0.1, 0.15) is 5.75 Å². The molecule has 7 nitrogen and oxygen atoms in total. The molecule has 0 saturated heterocycles. The first-order chi connectivity index (χ1) is 12.4. The molecule has 1 aliphatic rings. The lowest BCUT2D eigenvalue weighted by Gasteiger charge is -2.16. The summed E-state index contributed by atoms with van der Waals surface area (Å²) in [5.41, 5.74) is 2.52. The molecule has 1 aromatic carbocycles. The Balaban J connectivity index is 1.69. The Labute approximate surface area is 153 Å².